The molecule has 1 amide bonds. The molecule has 4 rings (SSSR count). The fourth-order valence-electron chi connectivity index (χ4n) is 4.20. The quantitative estimate of drug-likeness (QED) is 0.117. The van der Waals surface area contributed by atoms with Crippen molar-refractivity contribution in [1.29, 1.82) is 0 Å². The number of oxime groups is 1. The number of nitrogens with two attached hydrogens (primary N) is 2. The van der Waals surface area contributed by atoms with Gasteiger partial charge in [-0.15, -0.1) is 0 Å². The molecule has 0 aliphatic heterocycles. The lowest BCUT2D eigenvalue weighted by Crippen LogP contribution is -2.37. The second-order valence-corrected chi connectivity index (χ2v) is 8.64. The van der Waals surface area contributed by atoms with Crippen LogP contribution in [-0.2, 0) is 17.9 Å². The van der Waals surface area contributed by atoms with E-state index in [0.29, 0.717) is 35.8 Å². The summed E-state index contributed by atoms with van der Waals surface area (Å²) >= 11 is 0. The molecule has 8 heteroatoms. The minimum Gasteiger partial charge on any atom is -0.493 e. The average Bonchev–Trinajstić information content (AvgIpc) is 2.96. The number of carbonyl (C=O) groups is 1. The molecule has 194 valence electrons. The molecule has 0 saturated heterocycles. The van der Waals surface area contributed by atoms with Crippen molar-refractivity contribution >= 4 is 17.4 Å². The Kier molecular flexibility index (Phi) is 8.46. The van der Waals surface area contributed by atoms with Crippen LogP contribution < -0.4 is 25.8 Å². The van der Waals surface area contributed by atoms with Gasteiger partial charge in [0.15, 0.2) is 17.3 Å². The summed E-state index contributed by atoms with van der Waals surface area (Å²) < 4.78 is 11.6. The SMILES string of the molecule is COc1cc(C(C(N)=O)N(Cc2ccccc2)c2ccc(/C(N)=N/O)cc2)ccc1OCc1ccccc1. The first kappa shape index (κ1) is 26.1. The molecule has 1 atom stereocenters. The molecule has 0 radical (unpaired) electrons. The highest BCUT2D eigenvalue weighted by Gasteiger charge is 2.28. The van der Waals surface area contributed by atoms with Gasteiger partial charge in [0.05, 0.1) is 7.11 Å². The Morgan fingerprint density at radius 3 is 2.08 bits per heavy atom. The van der Waals surface area contributed by atoms with Crippen molar-refractivity contribution in [1.82, 2.24) is 0 Å². The van der Waals surface area contributed by atoms with Crippen LogP contribution >= 0.6 is 0 Å². The van der Waals surface area contributed by atoms with Crippen LogP contribution in [0.4, 0.5) is 5.69 Å². The first-order chi connectivity index (χ1) is 18.5. The lowest BCUT2D eigenvalue weighted by Gasteiger charge is -2.32. The number of carbonyl (C=O) groups excluding carboxylic acids is 1. The summed E-state index contributed by atoms with van der Waals surface area (Å²) in [7, 11) is 1.56. The molecule has 0 saturated carbocycles. The third kappa shape index (κ3) is 6.22. The number of methoxy groups -OCH3 is 1. The van der Waals surface area contributed by atoms with Gasteiger partial charge in [-0.1, -0.05) is 71.9 Å². The number of hydrogen-bond acceptors (Lipinski definition) is 6. The van der Waals surface area contributed by atoms with Crippen LogP contribution in [-0.4, -0.2) is 24.1 Å². The van der Waals surface area contributed by atoms with Crippen LogP contribution in [0, 0.1) is 0 Å². The van der Waals surface area contributed by atoms with Crippen LogP contribution in [0.2, 0.25) is 0 Å². The van der Waals surface area contributed by atoms with Crippen molar-refractivity contribution in [2.75, 3.05) is 12.0 Å². The highest BCUT2D eigenvalue weighted by Crippen LogP contribution is 2.35. The van der Waals surface area contributed by atoms with Crippen LogP contribution in [0.3, 0.4) is 0 Å². The first-order valence-electron chi connectivity index (χ1n) is 12.0. The van der Waals surface area contributed by atoms with E-state index in [1.807, 2.05) is 71.6 Å². The Bertz CT molecular complexity index is 1380. The second kappa shape index (κ2) is 12.3. The van der Waals surface area contributed by atoms with Crippen molar-refractivity contribution in [3.8, 4) is 11.5 Å². The van der Waals surface area contributed by atoms with Crippen LogP contribution in [0.15, 0.2) is 108 Å². The highest BCUT2D eigenvalue weighted by molar-refractivity contribution is 5.97. The topological polar surface area (TPSA) is 123 Å². The van der Waals surface area contributed by atoms with Gasteiger partial charge in [-0.05, 0) is 53.1 Å². The normalized spacial score (nSPS) is 12.0. The van der Waals surface area contributed by atoms with Crippen molar-refractivity contribution in [3.63, 3.8) is 0 Å². The minimum atomic E-state index is -0.818. The summed E-state index contributed by atoms with van der Waals surface area (Å²) in [4.78, 5) is 14.9. The molecule has 8 nitrogen and oxygen atoms in total. The molecule has 4 aromatic carbocycles. The molecule has 38 heavy (non-hydrogen) atoms. The molecule has 0 spiro atoms. The van der Waals surface area contributed by atoms with E-state index in [-0.39, 0.29) is 5.84 Å². The molecule has 0 aliphatic rings. The zero-order chi connectivity index (χ0) is 26.9. The van der Waals surface area contributed by atoms with Gasteiger partial charge >= 0.3 is 0 Å². The van der Waals surface area contributed by atoms with E-state index in [1.54, 1.807) is 43.5 Å². The summed E-state index contributed by atoms with van der Waals surface area (Å²) in [5.41, 5.74) is 15.7. The predicted octanol–water partition coefficient (Wildman–Crippen LogP) is 4.60. The molecule has 0 fully saturated rings. The monoisotopic (exact) mass is 510 g/mol. The van der Waals surface area contributed by atoms with Gasteiger partial charge in [-0.3, -0.25) is 4.79 Å². The van der Waals surface area contributed by atoms with Crippen LogP contribution in [0.1, 0.15) is 28.3 Å². The lowest BCUT2D eigenvalue weighted by atomic mass is 10.0. The number of rotatable bonds is 11. The molecule has 1 unspecified atom stereocenters. The van der Waals surface area contributed by atoms with E-state index in [0.717, 1.165) is 16.8 Å². The number of hydrogen-bond donors (Lipinski definition) is 3. The highest BCUT2D eigenvalue weighted by atomic mass is 16.5. The van der Waals surface area contributed by atoms with Gasteiger partial charge in [0, 0.05) is 17.8 Å². The number of anilines is 1. The summed E-state index contributed by atoms with van der Waals surface area (Å²) in [6.45, 7) is 0.786. The number of amides is 1. The number of amidine groups is 1. The van der Waals surface area contributed by atoms with Crippen LogP contribution in [0.25, 0.3) is 0 Å². The fraction of sp³-hybridized carbons (Fsp3) is 0.133. The first-order valence-corrected chi connectivity index (χ1v) is 12.0. The molecule has 0 heterocycles. The Balaban J connectivity index is 1.70. The summed E-state index contributed by atoms with van der Waals surface area (Å²) in [5, 5.41) is 12.1. The van der Waals surface area contributed by atoms with Gasteiger partial charge in [-0.25, -0.2) is 0 Å². The second-order valence-electron chi connectivity index (χ2n) is 8.64. The Morgan fingerprint density at radius 1 is 0.868 bits per heavy atom. The lowest BCUT2D eigenvalue weighted by molar-refractivity contribution is -0.119. The maximum absolute atomic E-state index is 13.0. The number of nitrogens with zero attached hydrogens (tertiary/aromatic N) is 2. The van der Waals surface area contributed by atoms with E-state index in [4.69, 9.17) is 26.1 Å². The van der Waals surface area contributed by atoms with E-state index in [2.05, 4.69) is 5.16 Å². The summed E-state index contributed by atoms with van der Waals surface area (Å²) in [6, 6.07) is 31.2. The van der Waals surface area contributed by atoms with Gasteiger partial charge in [0.2, 0.25) is 5.91 Å². The summed E-state index contributed by atoms with van der Waals surface area (Å²) in [6.07, 6.45) is 0. The van der Waals surface area contributed by atoms with Crippen molar-refractivity contribution in [2.45, 2.75) is 19.2 Å². The molecule has 0 aromatic heterocycles. The van der Waals surface area contributed by atoms with E-state index < -0.39 is 11.9 Å². The fourth-order valence-corrected chi connectivity index (χ4v) is 4.20. The van der Waals surface area contributed by atoms with Crippen molar-refractivity contribution in [2.24, 2.45) is 16.6 Å². The molecular weight excluding hydrogens is 480 g/mol. The predicted molar refractivity (Wildman–Crippen MR) is 147 cm³/mol. The largest absolute Gasteiger partial charge is 0.493 e. The van der Waals surface area contributed by atoms with Crippen molar-refractivity contribution < 1.29 is 19.5 Å². The molecule has 0 aliphatic carbocycles. The van der Waals surface area contributed by atoms with Gasteiger partial charge in [0.25, 0.3) is 0 Å². The van der Waals surface area contributed by atoms with E-state index in [1.165, 1.54) is 0 Å². The van der Waals surface area contributed by atoms with Gasteiger partial charge in [-0.2, -0.15) is 0 Å². The third-order valence-electron chi connectivity index (χ3n) is 6.12. The standard InChI is InChI=1S/C30H30N4O4/c1-37-27-18-24(14-17-26(27)38-20-22-10-6-3-7-11-22)28(30(32)35)34(19-21-8-4-2-5-9-21)25-15-12-23(13-16-25)29(31)33-36/h2-18,28,36H,19-20H2,1H3,(H2,31,33)(H2,32,35). The van der Waals surface area contributed by atoms with Gasteiger partial charge < -0.3 is 31.0 Å². The molecule has 5 N–H and O–H groups in total. The molecular formula is C30H30N4O4. The summed E-state index contributed by atoms with van der Waals surface area (Å²) in [5.74, 6) is 0.516. The number of ether oxygens (including phenoxy) is 2. The molecule has 0 bridgehead atoms. The van der Waals surface area contributed by atoms with E-state index in [9.17, 15) is 4.79 Å². The maximum Gasteiger partial charge on any atom is 0.244 e. The average molecular weight is 511 g/mol. The number of benzene rings is 4. The van der Waals surface area contributed by atoms with E-state index >= 15 is 0 Å². The van der Waals surface area contributed by atoms with Crippen LogP contribution in [0.5, 0.6) is 11.5 Å². The molecule has 4 aromatic rings. The smallest absolute Gasteiger partial charge is 0.244 e. The number of primary amides is 1. The Labute approximate surface area is 221 Å². The maximum atomic E-state index is 13.0. The van der Waals surface area contributed by atoms with Crippen molar-refractivity contribution in [3.05, 3.63) is 125 Å². The zero-order valence-electron chi connectivity index (χ0n) is 21.0. The zero-order valence-corrected chi connectivity index (χ0v) is 21.0. The van der Waals surface area contributed by atoms with Gasteiger partial charge in [0.1, 0.15) is 12.6 Å². The third-order valence-corrected chi connectivity index (χ3v) is 6.12. The minimum absolute atomic E-state index is 0.00608. The Morgan fingerprint density at radius 2 is 1.50 bits per heavy atom. The Hall–Kier alpha value is -4.98.